The van der Waals surface area contributed by atoms with Gasteiger partial charge >= 0.3 is 0 Å². The summed E-state index contributed by atoms with van der Waals surface area (Å²) < 4.78 is 0. The molecular formula is C13H21ClN2O. The molecule has 0 spiro atoms. The Bertz CT molecular complexity index is 362. The first kappa shape index (κ1) is 14.4. The lowest BCUT2D eigenvalue weighted by Gasteiger charge is -2.38. The van der Waals surface area contributed by atoms with Crippen molar-refractivity contribution in [1.82, 2.24) is 5.32 Å². The van der Waals surface area contributed by atoms with E-state index >= 15 is 0 Å². The molecule has 96 valence electrons. The maximum Gasteiger partial charge on any atom is 0.161 e. The maximum absolute atomic E-state index is 11.5. The second-order valence-electron chi connectivity index (χ2n) is 4.65. The van der Waals surface area contributed by atoms with Crippen molar-refractivity contribution in [3.8, 4) is 0 Å². The predicted octanol–water partition coefficient (Wildman–Crippen LogP) is 2.11. The number of unbranched alkanes of at least 4 members (excludes halogenated alkanes) is 1. The van der Waals surface area contributed by atoms with Crippen molar-refractivity contribution in [3.63, 3.8) is 0 Å². The standard InChI is InChI=1S/C13H21ClN2O/c1-4-5-8-16-13(3)11(15)7-6-10(9(2)17)12(13)14/h6-7,11,16H,4-5,8,15H2,1-3H3. The average Bonchev–Trinajstić information content (AvgIpc) is 2.26. The fourth-order valence-corrected chi connectivity index (χ4v) is 2.27. The van der Waals surface area contributed by atoms with Crippen LogP contribution < -0.4 is 11.1 Å². The van der Waals surface area contributed by atoms with Crippen LogP contribution in [0.4, 0.5) is 0 Å². The van der Waals surface area contributed by atoms with Crippen LogP contribution in [0.5, 0.6) is 0 Å². The van der Waals surface area contributed by atoms with E-state index < -0.39 is 5.54 Å². The highest BCUT2D eigenvalue weighted by atomic mass is 35.5. The topological polar surface area (TPSA) is 55.1 Å². The third-order valence-electron chi connectivity index (χ3n) is 3.23. The van der Waals surface area contributed by atoms with E-state index in [1.807, 2.05) is 13.0 Å². The molecule has 2 atom stereocenters. The molecule has 0 heterocycles. The molecule has 0 radical (unpaired) electrons. The van der Waals surface area contributed by atoms with E-state index in [1.165, 1.54) is 6.92 Å². The molecule has 0 saturated carbocycles. The Balaban J connectivity index is 2.95. The number of carbonyl (C=O) groups excluding carboxylic acids is 1. The smallest absolute Gasteiger partial charge is 0.161 e. The minimum atomic E-state index is -0.535. The number of rotatable bonds is 5. The van der Waals surface area contributed by atoms with Crippen LogP contribution in [0.15, 0.2) is 22.8 Å². The van der Waals surface area contributed by atoms with Gasteiger partial charge in [0.2, 0.25) is 0 Å². The molecule has 0 amide bonds. The van der Waals surface area contributed by atoms with Gasteiger partial charge in [0, 0.05) is 11.6 Å². The number of hydrogen-bond donors (Lipinski definition) is 2. The van der Waals surface area contributed by atoms with E-state index in [0.29, 0.717) is 10.6 Å². The largest absolute Gasteiger partial charge is 0.323 e. The lowest BCUT2D eigenvalue weighted by atomic mass is 9.84. The van der Waals surface area contributed by atoms with E-state index in [9.17, 15) is 4.79 Å². The lowest BCUT2D eigenvalue weighted by Crippen LogP contribution is -2.57. The molecule has 17 heavy (non-hydrogen) atoms. The van der Waals surface area contributed by atoms with Gasteiger partial charge in [-0.25, -0.2) is 0 Å². The first-order valence-electron chi connectivity index (χ1n) is 6.03. The maximum atomic E-state index is 11.5. The van der Waals surface area contributed by atoms with Gasteiger partial charge in [0.25, 0.3) is 0 Å². The lowest BCUT2D eigenvalue weighted by molar-refractivity contribution is -0.113. The highest BCUT2D eigenvalue weighted by Crippen LogP contribution is 2.32. The first-order valence-corrected chi connectivity index (χ1v) is 6.41. The normalized spacial score (nSPS) is 28.6. The van der Waals surface area contributed by atoms with Gasteiger partial charge in [-0.05, 0) is 26.8 Å². The summed E-state index contributed by atoms with van der Waals surface area (Å²) in [7, 11) is 0. The Labute approximate surface area is 108 Å². The molecule has 0 aromatic heterocycles. The van der Waals surface area contributed by atoms with E-state index in [2.05, 4.69) is 12.2 Å². The summed E-state index contributed by atoms with van der Waals surface area (Å²) in [6.45, 7) is 6.44. The molecule has 2 unspecified atom stereocenters. The third kappa shape index (κ3) is 2.97. The van der Waals surface area contributed by atoms with Crippen LogP contribution in [-0.2, 0) is 4.79 Å². The van der Waals surface area contributed by atoms with Gasteiger partial charge in [0.05, 0.1) is 10.6 Å². The molecule has 0 fully saturated rings. The monoisotopic (exact) mass is 256 g/mol. The molecule has 3 nitrogen and oxygen atoms in total. The third-order valence-corrected chi connectivity index (χ3v) is 3.83. The summed E-state index contributed by atoms with van der Waals surface area (Å²) in [6.07, 6.45) is 5.72. The number of halogens is 1. The SMILES string of the molecule is CCCCNC1(C)C(Cl)=C(C(C)=O)C=CC1N. The van der Waals surface area contributed by atoms with Crippen LogP contribution in [0.25, 0.3) is 0 Å². The zero-order chi connectivity index (χ0) is 13.1. The number of Topliss-reactive ketones (excluding diaryl/α,β-unsaturated/α-hetero) is 1. The summed E-state index contributed by atoms with van der Waals surface area (Å²) in [5.74, 6) is -0.0262. The Morgan fingerprint density at radius 2 is 2.29 bits per heavy atom. The minimum absolute atomic E-state index is 0.0262. The molecule has 1 aliphatic carbocycles. The zero-order valence-electron chi connectivity index (χ0n) is 10.7. The van der Waals surface area contributed by atoms with Crippen molar-refractivity contribution in [2.75, 3.05) is 6.54 Å². The van der Waals surface area contributed by atoms with Gasteiger partial charge in [0.1, 0.15) is 0 Å². The summed E-state index contributed by atoms with van der Waals surface area (Å²) >= 11 is 6.32. The van der Waals surface area contributed by atoms with Gasteiger partial charge in [-0.1, -0.05) is 37.1 Å². The number of carbonyl (C=O) groups is 1. The fourth-order valence-electron chi connectivity index (χ4n) is 1.88. The molecule has 0 aliphatic heterocycles. The van der Waals surface area contributed by atoms with Crippen molar-refractivity contribution in [2.24, 2.45) is 5.73 Å². The second kappa shape index (κ2) is 5.80. The number of hydrogen-bond acceptors (Lipinski definition) is 3. The Morgan fingerprint density at radius 3 is 2.82 bits per heavy atom. The fraction of sp³-hybridized carbons (Fsp3) is 0.615. The van der Waals surface area contributed by atoms with Crippen LogP contribution in [-0.4, -0.2) is 23.9 Å². The first-order chi connectivity index (χ1) is 7.93. The van der Waals surface area contributed by atoms with Gasteiger partial charge in [-0.15, -0.1) is 0 Å². The molecular weight excluding hydrogens is 236 g/mol. The molecule has 1 aliphatic rings. The van der Waals surface area contributed by atoms with Crippen molar-refractivity contribution >= 4 is 17.4 Å². The highest BCUT2D eigenvalue weighted by molar-refractivity contribution is 6.33. The van der Waals surface area contributed by atoms with E-state index in [-0.39, 0.29) is 11.8 Å². The van der Waals surface area contributed by atoms with Gasteiger partial charge in [-0.2, -0.15) is 0 Å². The van der Waals surface area contributed by atoms with Gasteiger partial charge in [-0.3, -0.25) is 4.79 Å². The number of allylic oxidation sites excluding steroid dienone is 2. The summed E-state index contributed by atoms with van der Waals surface area (Å²) in [5, 5.41) is 3.89. The molecule has 1 rings (SSSR count). The number of nitrogens with one attached hydrogen (secondary N) is 1. The van der Waals surface area contributed by atoms with Crippen LogP contribution in [0.3, 0.4) is 0 Å². The number of nitrogens with two attached hydrogens (primary N) is 1. The zero-order valence-corrected chi connectivity index (χ0v) is 11.5. The van der Waals surface area contributed by atoms with Crippen LogP contribution in [0.2, 0.25) is 0 Å². The quantitative estimate of drug-likeness (QED) is 0.741. The van der Waals surface area contributed by atoms with Crippen LogP contribution >= 0.6 is 11.6 Å². The second-order valence-corrected chi connectivity index (χ2v) is 5.03. The van der Waals surface area contributed by atoms with E-state index in [4.69, 9.17) is 17.3 Å². The van der Waals surface area contributed by atoms with Crippen LogP contribution in [0.1, 0.15) is 33.6 Å². The van der Waals surface area contributed by atoms with Crippen molar-refractivity contribution < 1.29 is 4.79 Å². The van der Waals surface area contributed by atoms with Gasteiger partial charge < -0.3 is 11.1 Å². The molecule has 3 N–H and O–H groups in total. The Hall–Kier alpha value is -0.640. The molecule has 0 aromatic carbocycles. The predicted molar refractivity (Wildman–Crippen MR) is 72.0 cm³/mol. The summed E-state index contributed by atoms with van der Waals surface area (Å²) in [4.78, 5) is 11.5. The minimum Gasteiger partial charge on any atom is -0.323 e. The van der Waals surface area contributed by atoms with Crippen molar-refractivity contribution in [3.05, 3.63) is 22.8 Å². The Kier molecular flexibility index (Phi) is 4.92. The van der Waals surface area contributed by atoms with Crippen molar-refractivity contribution in [2.45, 2.75) is 45.2 Å². The van der Waals surface area contributed by atoms with Crippen LogP contribution in [0, 0.1) is 0 Å². The average molecular weight is 257 g/mol. The summed E-state index contributed by atoms with van der Waals surface area (Å²) in [5.41, 5.74) is 6.09. The Morgan fingerprint density at radius 1 is 1.65 bits per heavy atom. The highest BCUT2D eigenvalue weighted by Gasteiger charge is 2.37. The van der Waals surface area contributed by atoms with E-state index in [0.717, 1.165) is 19.4 Å². The van der Waals surface area contributed by atoms with Gasteiger partial charge in [0.15, 0.2) is 5.78 Å². The van der Waals surface area contributed by atoms with E-state index in [1.54, 1.807) is 6.08 Å². The van der Waals surface area contributed by atoms with Crippen molar-refractivity contribution in [1.29, 1.82) is 0 Å². The molecule has 4 heteroatoms. The molecule has 0 aromatic rings. The molecule has 0 saturated heterocycles. The summed E-state index contributed by atoms with van der Waals surface area (Å²) in [6, 6.07) is -0.213. The number of ketones is 1. The molecule has 0 bridgehead atoms.